The van der Waals surface area contributed by atoms with E-state index in [2.05, 4.69) is 13.2 Å². The molecule has 0 aromatic carbocycles. The highest BCUT2D eigenvalue weighted by atomic mass is 16.2. The zero-order chi connectivity index (χ0) is 10.5. The average molecular weight is 197 g/mol. The minimum absolute atomic E-state index is 0.979. The van der Waals surface area contributed by atoms with Gasteiger partial charge < -0.3 is 5.11 Å². The summed E-state index contributed by atoms with van der Waals surface area (Å²) in [7, 11) is 0. The molecule has 0 heterocycles. The molecule has 0 aromatic heterocycles. The Balaban J connectivity index is 2.85. The first-order valence-electron chi connectivity index (χ1n) is 6.13. The van der Waals surface area contributed by atoms with E-state index >= 15 is 0 Å². The van der Waals surface area contributed by atoms with E-state index in [9.17, 15) is 0 Å². The molecule has 0 aliphatic rings. The van der Waals surface area contributed by atoms with Crippen molar-refractivity contribution in [2.24, 2.45) is 0 Å². The van der Waals surface area contributed by atoms with Crippen molar-refractivity contribution in [2.45, 2.75) is 71.1 Å². The smallest absolute Gasteiger partial charge is 0.152 e. The summed E-state index contributed by atoms with van der Waals surface area (Å²) in [4.78, 5) is 0. The van der Waals surface area contributed by atoms with E-state index in [4.69, 9.17) is 5.11 Å². The van der Waals surface area contributed by atoms with Gasteiger partial charge in [0.05, 0.1) is 0 Å². The van der Waals surface area contributed by atoms with Crippen LogP contribution in [0.4, 0.5) is 0 Å². The third kappa shape index (κ3) is 11.5. The van der Waals surface area contributed by atoms with Gasteiger partial charge in [0.15, 0.2) is 6.26 Å². The van der Waals surface area contributed by atoms with Crippen LogP contribution in [0.3, 0.4) is 0 Å². The summed E-state index contributed by atoms with van der Waals surface area (Å²) < 4.78 is 0. The molecule has 0 saturated heterocycles. The second kappa shape index (κ2) is 12.5. The van der Waals surface area contributed by atoms with Gasteiger partial charge in [-0.3, -0.25) is 0 Å². The van der Waals surface area contributed by atoms with Crippen molar-refractivity contribution in [3.8, 4) is 0 Å². The van der Waals surface area contributed by atoms with Crippen molar-refractivity contribution >= 4 is 0 Å². The zero-order valence-corrected chi connectivity index (χ0v) is 9.60. The minimum Gasteiger partial charge on any atom is -0.504 e. The van der Waals surface area contributed by atoms with E-state index in [0.717, 1.165) is 6.42 Å². The van der Waals surface area contributed by atoms with Gasteiger partial charge in [0.1, 0.15) is 0 Å². The van der Waals surface area contributed by atoms with Gasteiger partial charge in [-0.25, -0.2) is 0 Å². The number of aliphatic hydroxyl groups excluding tert-OH is 1. The molecule has 0 bridgehead atoms. The average Bonchev–Trinajstić information content (AvgIpc) is 2.21. The molecule has 0 saturated carbocycles. The summed E-state index contributed by atoms with van der Waals surface area (Å²) in [5.41, 5.74) is 0. The van der Waals surface area contributed by atoms with Crippen molar-refractivity contribution in [3.63, 3.8) is 0 Å². The van der Waals surface area contributed by atoms with Crippen LogP contribution in [0.15, 0.2) is 6.08 Å². The lowest BCUT2D eigenvalue weighted by Crippen LogP contribution is -1.80. The molecule has 1 N–H and O–H groups in total. The summed E-state index contributed by atoms with van der Waals surface area (Å²) >= 11 is 0. The highest BCUT2D eigenvalue weighted by Crippen LogP contribution is 2.10. The Bertz CT molecular complexity index is 118. The molecule has 0 aromatic rings. The van der Waals surface area contributed by atoms with E-state index in [-0.39, 0.29) is 0 Å². The number of rotatable bonds is 10. The Morgan fingerprint density at radius 3 is 1.86 bits per heavy atom. The fourth-order valence-electron chi connectivity index (χ4n) is 1.62. The molecule has 0 fully saturated rings. The Morgan fingerprint density at radius 2 is 1.36 bits per heavy atom. The lowest BCUT2D eigenvalue weighted by molar-refractivity contribution is 0.438. The first-order chi connectivity index (χ1) is 6.91. The van der Waals surface area contributed by atoms with E-state index in [0.29, 0.717) is 0 Å². The van der Waals surface area contributed by atoms with Crippen LogP contribution in [0.5, 0.6) is 0 Å². The molecule has 1 heteroatoms. The molecule has 0 atom stereocenters. The molecule has 0 amide bonds. The van der Waals surface area contributed by atoms with Gasteiger partial charge in [-0.05, 0) is 18.9 Å². The summed E-state index contributed by atoms with van der Waals surface area (Å²) in [6, 6.07) is 0. The largest absolute Gasteiger partial charge is 0.504 e. The standard InChI is InChI=1S/C13H25O/c1-2-3-4-5-6-7-8-9-10-11-12-13-14/h12,14H,2-11H2,1H3. The van der Waals surface area contributed by atoms with Crippen LogP contribution in [0, 0.1) is 6.26 Å². The predicted molar refractivity (Wildman–Crippen MR) is 62.3 cm³/mol. The van der Waals surface area contributed by atoms with Crippen LogP contribution in [0.25, 0.3) is 0 Å². The summed E-state index contributed by atoms with van der Waals surface area (Å²) in [5, 5.41) is 8.28. The van der Waals surface area contributed by atoms with Crippen LogP contribution in [-0.2, 0) is 0 Å². The normalized spacial score (nSPS) is 11.2. The van der Waals surface area contributed by atoms with E-state index in [1.807, 2.05) is 0 Å². The molecule has 83 valence electrons. The van der Waals surface area contributed by atoms with Gasteiger partial charge in [0.2, 0.25) is 0 Å². The van der Waals surface area contributed by atoms with Gasteiger partial charge in [0, 0.05) is 0 Å². The first-order valence-corrected chi connectivity index (χ1v) is 6.13. The number of unbranched alkanes of at least 4 members (excludes halogenated alkanes) is 9. The fourth-order valence-corrected chi connectivity index (χ4v) is 1.62. The lowest BCUT2D eigenvalue weighted by Gasteiger charge is -2.00. The third-order valence-corrected chi connectivity index (χ3v) is 2.54. The Kier molecular flexibility index (Phi) is 12.1. The summed E-state index contributed by atoms with van der Waals surface area (Å²) in [6.07, 6.45) is 17.0. The molecular weight excluding hydrogens is 172 g/mol. The van der Waals surface area contributed by atoms with Gasteiger partial charge in [-0.2, -0.15) is 0 Å². The highest BCUT2D eigenvalue weighted by molar-refractivity contribution is 4.65. The monoisotopic (exact) mass is 197 g/mol. The quantitative estimate of drug-likeness (QED) is 0.394. The van der Waals surface area contributed by atoms with Crippen molar-refractivity contribution < 1.29 is 5.11 Å². The minimum atomic E-state index is 0.979. The second-order valence-corrected chi connectivity index (χ2v) is 3.95. The van der Waals surface area contributed by atoms with Crippen LogP contribution in [-0.4, -0.2) is 5.11 Å². The van der Waals surface area contributed by atoms with E-state index < -0.39 is 0 Å². The zero-order valence-electron chi connectivity index (χ0n) is 9.60. The van der Waals surface area contributed by atoms with Gasteiger partial charge in [0.25, 0.3) is 0 Å². The molecule has 1 radical (unpaired) electrons. The maximum absolute atomic E-state index is 8.28. The second-order valence-electron chi connectivity index (χ2n) is 3.95. The Labute approximate surface area is 89.2 Å². The van der Waals surface area contributed by atoms with E-state index in [1.54, 1.807) is 6.08 Å². The number of hydrogen-bond donors (Lipinski definition) is 1. The van der Waals surface area contributed by atoms with Crippen LogP contribution < -0.4 is 0 Å². The molecule has 14 heavy (non-hydrogen) atoms. The highest BCUT2D eigenvalue weighted by Gasteiger charge is 1.90. The first kappa shape index (κ1) is 13.5. The van der Waals surface area contributed by atoms with E-state index in [1.165, 1.54) is 57.8 Å². The molecule has 0 aliphatic carbocycles. The topological polar surface area (TPSA) is 20.2 Å². The summed E-state index contributed by atoms with van der Waals surface area (Å²) in [5.74, 6) is 0. The van der Waals surface area contributed by atoms with Gasteiger partial charge in [-0.1, -0.05) is 58.3 Å². The van der Waals surface area contributed by atoms with Crippen LogP contribution in [0.1, 0.15) is 71.1 Å². The van der Waals surface area contributed by atoms with Gasteiger partial charge in [-0.15, -0.1) is 0 Å². The predicted octanol–water partition coefficient (Wildman–Crippen LogP) is 4.78. The van der Waals surface area contributed by atoms with Crippen LogP contribution in [0.2, 0.25) is 0 Å². The van der Waals surface area contributed by atoms with Crippen molar-refractivity contribution in [1.82, 2.24) is 0 Å². The van der Waals surface area contributed by atoms with Crippen molar-refractivity contribution in [2.75, 3.05) is 0 Å². The Morgan fingerprint density at radius 1 is 0.857 bits per heavy atom. The van der Waals surface area contributed by atoms with Gasteiger partial charge >= 0.3 is 0 Å². The fraction of sp³-hybridized carbons (Fsp3) is 0.846. The van der Waals surface area contributed by atoms with Crippen LogP contribution >= 0.6 is 0 Å². The molecule has 0 rings (SSSR count). The molecule has 0 unspecified atom stereocenters. The maximum Gasteiger partial charge on any atom is 0.152 e. The maximum atomic E-state index is 8.28. The SMILES string of the molecule is CCCCCCCCCCC/C=[C]\O. The molecule has 1 nitrogen and oxygen atoms in total. The Hall–Kier alpha value is -0.460. The number of aliphatic hydroxyl groups is 1. The lowest BCUT2D eigenvalue weighted by atomic mass is 10.1. The number of allylic oxidation sites excluding steroid dienone is 1. The molecule has 0 aliphatic heterocycles. The van der Waals surface area contributed by atoms with Crippen molar-refractivity contribution in [3.05, 3.63) is 12.3 Å². The molecule has 0 spiro atoms. The summed E-state index contributed by atoms with van der Waals surface area (Å²) in [6.45, 7) is 2.26. The van der Waals surface area contributed by atoms with Crippen molar-refractivity contribution in [1.29, 1.82) is 0 Å². The molecular formula is C13H25O. The third-order valence-electron chi connectivity index (χ3n) is 2.54. The number of hydrogen-bond acceptors (Lipinski definition) is 1.